The summed E-state index contributed by atoms with van der Waals surface area (Å²) in [7, 11) is 0. The lowest BCUT2D eigenvalue weighted by Gasteiger charge is -2.08. The fourth-order valence-electron chi connectivity index (χ4n) is 2.08. The van der Waals surface area contributed by atoms with E-state index in [2.05, 4.69) is 5.32 Å². The van der Waals surface area contributed by atoms with Crippen LogP contribution >= 0.6 is 0 Å². The molecule has 2 fully saturated rings. The standard InChI is InChI=1S/C15H18N2O4/c18-15(16-8-10-1-2-10)12-5-6-14(13(7-12)17(19)20)21-9-11-3-4-11/h5-7,10-11H,1-4,8-9H2,(H,16,18). The van der Waals surface area contributed by atoms with Crippen LogP contribution in [0.5, 0.6) is 5.75 Å². The maximum Gasteiger partial charge on any atom is 0.311 e. The Balaban J connectivity index is 1.69. The molecule has 0 unspecified atom stereocenters. The first kappa shape index (κ1) is 13.9. The van der Waals surface area contributed by atoms with E-state index in [9.17, 15) is 14.9 Å². The van der Waals surface area contributed by atoms with Crippen molar-refractivity contribution in [2.45, 2.75) is 25.7 Å². The first-order chi connectivity index (χ1) is 10.1. The molecule has 0 spiro atoms. The smallest absolute Gasteiger partial charge is 0.311 e. The predicted molar refractivity (Wildman–Crippen MR) is 76.4 cm³/mol. The number of carbonyl (C=O) groups is 1. The Morgan fingerprint density at radius 2 is 2.00 bits per heavy atom. The number of benzene rings is 1. The number of amides is 1. The summed E-state index contributed by atoms with van der Waals surface area (Å²) in [5.41, 5.74) is 0.163. The molecule has 6 nitrogen and oxygen atoms in total. The van der Waals surface area contributed by atoms with Crippen molar-refractivity contribution in [1.29, 1.82) is 0 Å². The summed E-state index contributed by atoms with van der Waals surface area (Å²) in [6.45, 7) is 1.15. The summed E-state index contributed by atoms with van der Waals surface area (Å²) in [4.78, 5) is 22.6. The van der Waals surface area contributed by atoms with Gasteiger partial charge in [-0.25, -0.2) is 0 Å². The van der Waals surface area contributed by atoms with Gasteiger partial charge in [-0.2, -0.15) is 0 Å². The van der Waals surface area contributed by atoms with Gasteiger partial charge >= 0.3 is 5.69 Å². The van der Waals surface area contributed by atoms with Crippen molar-refractivity contribution in [2.24, 2.45) is 11.8 Å². The number of nitrogens with zero attached hydrogens (tertiary/aromatic N) is 1. The van der Waals surface area contributed by atoms with E-state index in [1.165, 1.54) is 12.1 Å². The van der Waals surface area contributed by atoms with E-state index in [0.717, 1.165) is 25.7 Å². The predicted octanol–water partition coefficient (Wildman–Crippen LogP) is 2.52. The number of nitro groups is 1. The second-order valence-electron chi connectivity index (χ2n) is 5.85. The van der Waals surface area contributed by atoms with Gasteiger partial charge in [-0.3, -0.25) is 14.9 Å². The van der Waals surface area contributed by atoms with E-state index in [1.54, 1.807) is 6.07 Å². The van der Waals surface area contributed by atoms with E-state index < -0.39 is 4.92 Å². The molecule has 2 aliphatic rings. The van der Waals surface area contributed by atoms with Crippen LogP contribution in [0.2, 0.25) is 0 Å². The molecule has 1 N–H and O–H groups in total. The Morgan fingerprint density at radius 1 is 1.29 bits per heavy atom. The second kappa shape index (κ2) is 5.71. The third kappa shape index (κ3) is 3.71. The zero-order valence-electron chi connectivity index (χ0n) is 11.7. The molecule has 21 heavy (non-hydrogen) atoms. The summed E-state index contributed by atoms with van der Waals surface area (Å²) in [5, 5.41) is 13.9. The van der Waals surface area contributed by atoms with Gasteiger partial charge in [0, 0.05) is 18.2 Å². The minimum atomic E-state index is -0.500. The highest BCUT2D eigenvalue weighted by Crippen LogP contribution is 2.33. The lowest BCUT2D eigenvalue weighted by Crippen LogP contribution is -2.25. The molecular weight excluding hydrogens is 272 g/mol. The van der Waals surface area contributed by atoms with Crippen LogP contribution in [-0.4, -0.2) is 24.0 Å². The third-order valence-corrected chi connectivity index (χ3v) is 3.84. The SMILES string of the molecule is O=C(NCC1CC1)c1ccc(OCC2CC2)c([N+](=O)[O-])c1. The van der Waals surface area contributed by atoms with Crippen LogP contribution in [0, 0.1) is 22.0 Å². The Labute approximate surface area is 122 Å². The molecule has 2 saturated carbocycles. The molecule has 0 aliphatic heterocycles. The van der Waals surface area contributed by atoms with Crippen LogP contribution in [-0.2, 0) is 0 Å². The number of nitrogens with one attached hydrogen (secondary N) is 1. The Morgan fingerprint density at radius 3 is 2.62 bits per heavy atom. The number of carbonyl (C=O) groups excluding carboxylic acids is 1. The van der Waals surface area contributed by atoms with Gasteiger partial charge in [-0.05, 0) is 49.7 Å². The van der Waals surface area contributed by atoms with Crippen LogP contribution in [0.3, 0.4) is 0 Å². The largest absolute Gasteiger partial charge is 0.487 e. The third-order valence-electron chi connectivity index (χ3n) is 3.84. The lowest BCUT2D eigenvalue weighted by molar-refractivity contribution is -0.385. The molecule has 112 valence electrons. The van der Waals surface area contributed by atoms with E-state index in [1.807, 2.05) is 0 Å². The summed E-state index contributed by atoms with van der Waals surface area (Å²) in [5.74, 6) is 1.07. The van der Waals surface area contributed by atoms with Crippen molar-refractivity contribution in [3.63, 3.8) is 0 Å². The minimum Gasteiger partial charge on any atom is -0.487 e. The number of rotatable bonds is 7. The van der Waals surface area contributed by atoms with Gasteiger partial charge in [0.25, 0.3) is 5.91 Å². The molecule has 1 aromatic carbocycles. The molecule has 0 heterocycles. The fourth-order valence-corrected chi connectivity index (χ4v) is 2.08. The van der Waals surface area contributed by atoms with Gasteiger partial charge < -0.3 is 10.1 Å². The number of hydrogen-bond donors (Lipinski definition) is 1. The van der Waals surface area contributed by atoms with Crippen LogP contribution in [0.25, 0.3) is 0 Å². The van der Waals surface area contributed by atoms with Crippen LogP contribution in [0.1, 0.15) is 36.0 Å². The monoisotopic (exact) mass is 290 g/mol. The fraction of sp³-hybridized carbons (Fsp3) is 0.533. The number of ether oxygens (including phenoxy) is 1. The molecule has 0 bridgehead atoms. The quantitative estimate of drug-likeness (QED) is 0.618. The van der Waals surface area contributed by atoms with E-state index >= 15 is 0 Å². The van der Waals surface area contributed by atoms with E-state index in [-0.39, 0.29) is 17.3 Å². The summed E-state index contributed by atoms with van der Waals surface area (Å²) < 4.78 is 5.49. The zero-order chi connectivity index (χ0) is 14.8. The van der Waals surface area contributed by atoms with Crippen molar-refractivity contribution in [1.82, 2.24) is 5.32 Å². The van der Waals surface area contributed by atoms with Crippen LogP contribution in [0.15, 0.2) is 18.2 Å². The molecule has 1 aromatic rings. The first-order valence-corrected chi connectivity index (χ1v) is 7.33. The number of hydrogen-bond acceptors (Lipinski definition) is 4. The van der Waals surface area contributed by atoms with Crippen molar-refractivity contribution in [3.05, 3.63) is 33.9 Å². The van der Waals surface area contributed by atoms with Crippen molar-refractivity contribution < 1.29 is 14.5 Å². The molecule has 6 heteroatoms. The molecule has 2 aliphatic carbocycles. The van der Waals surface area contributed by atoms with Gasteiger partial charge in [-0.15, -0.1) is 0 Å². The Kier molecular flexibility index (Phi) is 3.77. The first-order valence-electron chi connectivity index (χ1n) is 7.33. The van der Waals surface area contributed by atoms with E-state index in [0.29, 0.717) is 30.6 Å². The summed E-state index contributed by atoms with van der Waals surface area (Å²) in [6.07, 6.45) is 4.54. The average Bonchev–Trinajstić information content (AvgIpc) is 3.37. The highest BCUT2D eigenvalue weighted by molar-refractivity contribution is 5.95. The highest BCUT2D eigenvalue weighted by Gasteiger charge is 2.25. The second-order valence-corrected chi connectivity index (χ2v) is 5.85. The molecule has 0 aromatic heterocycles. The zero-order valence-corrected chi connectivity index (χ0v) is 11.7. The molecular formula is C15H18N2O4. The van der Waals surface area contributed by atoms with Gasteiger partial charge in [-0.1, -0.05) is 0 Å². The molecule has 0 saturated heterocycles. The Hall–Kier alpha value is -2.11. The van der Waals surface area contributed by atoms with Crippen molar-refractivity contribution >= 4 is 11.6 Å². The van der Waals surface area contributed by atoms with Crippen LogP contribution in [0.4, 0.5) is 5.69 Å². The lowest BCUT2D eigenvalue weighted by atomic mass is 10.1. The van der Waals surface area contributed by atoms with Crippen LogP contribution < -0.4 is 10.1 Å². The highest BCUT2D eigenvalue weighted by atomic mass is 16.6. The summed E-state index contributed by atoms with van der Waals surface area (Å²) >= 11 is 0. The van der Waals surface area contributed by atoms with Gasteiger partial charge in [0.15, 0.2) is 5.75 Å². The summed E-state index contributed by atoms with van der Waals surface area (Å²) in [6, 6.07) is 4.40. The molecule has 1 amide bonds. The van der Waals surface area contributed by atoms with Crippen molar-refractivity contribution in [3.8, 4) is 5.75 Å². The number of nitro benzene ring substituents is 1. The average molecular weight is 290 g/mol. The molecule has 3 rings (SSSR count). The molecule has 0 radical (unpaired) electrons. The normalized spacial score (nSPS) is 17.3. The Bertz CT molecular complexity index is 565. The van der Waals surface area contributed by atoms with Gasteiger partial charge in [0.05, 0.1) is 11.5 Å². The van der Waals surface area contributed by atoms with Gasteiger partial charge in [0.2, 0.25) is 0 Å². The molecule has 0 atom stereocenters. The maximum absolute atomic E-state index is 12.0. The minimum absolute atomic E-state index is 0.144. The van der Waals surface area contributed by atoms with Gasteiger partial charge in [0.1, 0.15) is 0 Å². The van der Waals surface area contributed by atoms with E-state index in [4.69, 9.17) is 4.74 Å². The topological polar surface area (TPSA) is 81.5 Å². The van der Waals surface area contributed by atoms with Crippen molar-refractivity contribution in [2.75, 3.05) is 13.2 Å². The maximum atomic E-state index is 12.0.